The number of ether oxygens (including phenoxy) is 1. The number of methoxy groups -OCH3 is 1. The molecule has 2 heteroatoms. The summed E-state index contributed by atoms with van der Waals surface area (Å²) in [5, 5.41) is 0. The second-order valence-corrected chi connectivity index (χ2v) is 4.96. The van der Waals surface area contributed by atoms with Crippen LogP contribution in [0.5, 0.6) is 0 Å². The first-order valence-electron chi connectivity index (χ1n) is 6.35. The van der Waals surface area contributed by atoms with Gasteiger partial charge in [-0.25, -0.2) is 0 Å². The van der Waals surface area contributed by atoms with Crippen molar-refractivity contribution in [3.8, 4) is 0 Å². The summed E-state index contributed by atoms with van der Waals surface area (Å²) in [6, 6.07) is 6.44. The summed E-state index contributed by atoms with van der Waals surface area (Å²) in [5.41, 5.74) is 3.95. The first kappa shape index (κ1) is 12.2. The Morgan fingerprint density at radius 3 is 2.76 bits per heavy atom. The summed E-state index contributed by atoms with van der Waals surface area (Å²) in [6.45, 7) is 4.15. The van der Waals surface area contributed by atoms with Crippen LogP contribution in [0.1, 0.15) is 42.9 Å². The third-order valence-corrected chi connectivity index (χ3v) is 3.88. The van der Waals surface area contributed by atoms with Gasteiger partial charge in [-0.2, -0.15) is 0 Å². The van der Waals surface area contributed by atoms with Crippen LogP contribution >= 0.6 is 0 Å². The maximum Gasteiger partial charge on any atom is 0.312 e. The van der Waals surface area contributed by atoms with Gasteiger partial charge in [-0.1, -0.05) is 31.5 Å². The highest BCUT2D eigenvalue weighted by atomic mass is 16.5. The van der Waals surface area contributed by atoms with Crippen molar-refractivity contribution in [2.45, 2.75) is 39.0 Å². The van der Waals surface area contributed by atoms with Crippen LogP contribution < -0.4 is 0 Å². The van der Waals surface area contributed by atoms with E-state index in [9.17, 15) is 4.79 Å². The Morgan fingerprint density at radius 2 is 2.12 bits per heavy atom. The van der Waals surface area contributed by atoms with Crippen molar-refractivity contribution < 1.29 is 9.53 Å². The molecule has 2 atom stereocenters. The molecule has 0 N–H and O–H groups in total. The summed E-state index contributed by atoms with van der Waals surface area (Å²) in [4.78, 5) is 11.5. The molecule has 0 bridgehead atoms. The van der Waals surface area contributed by atoms with Gasteiger partial charge in [0, 0.05) is 0 Å². The van der Waals surface area contributed by atoms with Crippen LogP contribution in [0.2, 0.25) is 0 Å². The first-order chi connectivity index (χ1) is 8.15. The molecule has 0 unspecified atom stereocenters. The Balaban J connectivity index is 2.21. The van der Waals surface area contributed by atoms with Crippen LogP contribution in [0, 0.1) is 5.92 Å². The number of rotatable bonds is 3. The van der Waals surface area contributed by atoms with Crippen molar-refractivity contribution in [1.82, 2.24) is 0 Å². The number of hydrogen-bond acceptors (Lipinski definition) is 2. The molecule has 0 radical (unpaired) electrons. The van der Waals surface area contributed by atoms with Gasteiger partial charge in [0.05, 0.1) is 13.0 Å². The van der Waals surface area contributed by atoms with Gasteiger partial charge < -0.3 is 4.74 Å². The molecule has 1 aromatic carbocycles. The van der Waals surface area contributed by atoms with Crippen molar-refractivity contribution in [2.24, 2.45) is 5.92 Å². The smallest absolute Gasteiger partial charge is 0.312 e. The van der Waals surface area contributed by atoms with E-state index in [1.165, 1.54) is 31.1 Å². The molecule has 0 aromatic heterocycles. The van der Waals surface area contributed by atoms with E-state index in [0.29, 0.717) is 0 Å². The van der Waals surface area contributed by atoms with E-state index in [1.54, 1.807) is 0 Å². The summed E-state index contributed by atoms with van der Waals surface area (Å²) in [5.74, 6) is 0.467. The Bertz CT molecular complexity index is 423. The van der Waals surface area contributed by atoms with Crippen LogP contribution in [0.4, 0.5) is 0 Å². The lowest BCUT2D eigenvalue weighted by molar-refractivity contribution is -0.141. The van der Waals surface area contributed by atoms with Crippen LogP contribution in [0.3, 0.4) is 0 Å². The number of carbonyl (C=O) groups excluding carboxylic acids is 1. The highest BCUT2D eigenvalue weighted by Crippen LogP contribution is 2.31. The topological polar surface area (TPSA) is 26.3 Å². The van der Waals surface area contributed by atoms with Gasteiger partial charge in [-0.05, 0) is 42.4 Å². The minimum absolute atomic E-state index is 0.157. The highest BCUT2D eigenvalue weighted by molar-refractivity contribution is 5.77. The molecular weight excluding hydrogens is 212 g/mol. The molecule has 0 saturated heterocycles. The van der Waals surface area contributed by atoms with Crippen molar-refractivity contribution in [3.63, 3.8) is 0 Å². The number of esters is 1. The summed E-state index contributed by atoms with van der Waals surface area (Å²) < 4.78 is 4.79. The van der Waals surface area contributed by atoms with Crippen LogP contribution in [0.25, 0.3) is 0 Å². The summed E-state index contributed by atoms with van der Waals surface area (Å²) >= 11 is 0. The zero-order valence-electron chi connectivity index (χ0n) is 10.8. The SMILES string of the molecule is CC[C@@H]1Cc2ccc([C@@H](C)C(=O)OC)cc2C1. The Morgan fingerprint density at radius 1 is 1.41 bits per heavy atom. The molecule has 0 saturated carbocycles. The maximum absolute atomic E-state index is 11.5. The molecule has 0 heterocycles. The first-order valence-corrected chi connectivity index (χ1v) is 6.35. The molecule has 0 aliphatic heterocycles. The predicted molar refractivity (Wildman–Crippen MR) is 68.1 cm³/mol. The fourth-order valence-electron chi connectivity index (χ4n) is 2.60. The second-order valence-electron chi connectivity index (χ2n) is 4.96. The Labute approximate surface area is 103 Å². The van der Waals surface area contributed by atoms with Crippen molar-refractivity contribution in [3.05, 3.63) is 34.9 Å². The average Bonchev–Trinajstić information content (AvgIpc) is 2.78. The van der Waals surface area contributed by atoms with Gasteiger partial charge in [-0.15, -0.1) is 0 Å². The third-order valence-electron chi connectivity index (χ3n) is 3.88. The van der Waals surface area contributed by atoms with Gasteiger partial charge in [0.2, 0.25) is 0 Å². The molecular formula is C15H20O2. The van der Waals surface area contributed by atoms with Gasteiger partial charge in [0.25, 0.3) is 0 Å². The second kappa shape index (κ2) is 4.91. The molecule has 2 rings (SSSR count). The van der Waals surface area contributed by atoms with Crippen LogP contribution in [0.15, 0.2) is 18.2 Å². The van der Waals surface area contributed by atoms with Gasteiger partial charge in [0.15, 0.2) is 0 Å². The van der Waals surface area contributed by atoms with E-state index in [4.69, 9.17) is 4.74 Å². The molecule has 0 amide bonds. The molecule has 1 aliphatic rings. The molecule has 17 heavy (non-hydrogen) atoms. The van der Waals surface area contributed by atoms with E-state index in [1.807, 2.05) is 6.92 Å². The maximum atomic E-state index is 11.5. The lowest BCUT2D eigenvalue weighted by Gasteiger charge is -2.11. The summed E-state index contributed by atoms with van der Waals surface area (Å²) in [7, 11) is 1.44. The molecule has 1 aliphatic carbocycles. The number of benzene rings is 1. The zero-order valence-corrected chi connectivity index (χ0v) is 10.8. The van der Waals surface area contributed by atoms with Crippen molar-refractivity contribution in [1.29, 1.82) is 0 Å². The molecule has 92 valence electrons. The van der Waals surface area contributed by atoms with E-state index < -0.39 is 0 Å². The van der Waals surface area contributed by atoms with E-state index in [-0.39, 0.29) is 11.9 Å². The fourth-order valence-corrected chi connectivity index (χ4v) is 2.60. The Kier molecular flexibility index (Phi) is 3.51. The molecule has 0 fully saturated rings. The molecule has 0 spiro atoms. The fraction of sp³-hybridized carbons (Fsp3) is 0.533. The molecule has 2 nitrogen and oxygen atoms in total. The lowest BCUT2D eigenvalue weighted by atomic mass is 9.97. The van der Waals surface area contributed by atoms with Crippen LogP contribution in [-0.4, -0.2) is 13.1 Å². The van der Waals surface area contributed by atoms with Crippen LogP contribution in [-0.2, 0) is 22.4 Å². The average molecular weight is 232 g/mol. The monoisotopic (exact) mass is 232 g/mol. The van der Waals surface area contributed by atoms with E-state index in [0.717, 1.165) is 17.9 Å². The van der Waals surface area contributed by atoms with Gasteiger partial charge in [-0.3, -0.25) is 4.79 Å². The quantitative estimate of drug-likeness (QED) is 0.749. The minimum atomic E-state index is -0.161. The number of carbonyl (C=O) groups is 1. The van der Waals surface area contributed by atoms with E-state index in [2.05, 4.69) is 25.1 Å². The van der Waals surface area contributed by atoms with Crippen molar-refractivity contribution in [2.75, 3.05) is 7.11 Å². The van der Waals surface area contributed by atoms with Gasteiger partial charge >= 0.3 is 5.97 Å². The third kappa shape index (κ3) is 2.36. The van der Waals surface area contributed by atoms with E-state index >= 15 is 0 Å². The predicted octanol–water partition coefficient (Wildman–Crippen LogP) is 3.09. The largest absolute Gasteiger partial charge is 0.469 e. The summed E-state index contributed by atoms with van der Waals surface area (Å²) in [6.07, 6.45) is 3.59. The minimum Gasteiger partial charge on any atom is -0.469 e. The standard InChI is InChI=1S/C15H20O2/c1-4-11-7-13-6-5-12(9-14(13)8-11)10(2)15(16)17-3/h5-6,9-11H,4,7-8H2,1-3H3/t10-,11-/m1/s1. The normalized spacial score (nSPS) is 19.8. The number of hydrogen-bond donors (Lipinski definition) is 0. The Hall–Kier alpha value is -1.31. The van der Waals surface area contributed by atoms with Crippen molar-refractivity contribution >= 4 is 5.97 Å². The molecule has 1 aromatic rings. The number of fused-ring (bicyclic) bond motifs is 1. The lowest BCUT2D eigenvalue weighted by Crippen LogP contribution is -2.11. The zero-order chi connectivity index (χ0) is 12.4. The highest BCUT2D eigenvalue weighted by Gasteiger charge is 2.22. The van der Waals surface area contributed by atoms with Gasteiger partial charge in [0.1, 0.15) is 0 Å².